The van der Waals surface area contributed by atoms with E-state index in [-0.39, 0.29) is 12.3 Å². The molecule has 46 nitrogen and oxygen atoms in total. The number of allylic oxidation sites excluding steroid dienone is 1. The van der Waals surface area contributed by atoms with Crippen LogP contribution in [0.3, 0.4) is 0 Å². The highest BCUT2D eigenvalue weighted by atomic mass is 16.8. The summed E-state index contributed by atoms with van der Waals surface area (Å²) in [4.78, 5) is 52.5. The average molecular weight is 2000 g/mol. The third kappa shape index (κ3) is 34.3. The lowest BCUT2D eigenvalue weighted by Crippen LogP contribution is -2.71. The number of aliphatic hydroxyl groups is 22. The second-order valence-corrected chi connectivity index (χ2v) is 37.7. The molecular formula is C92H164N4O42. The Labute approximate surface area is 805 Å². The molecule has 0 aromatic rings. The number of amides is 4. The van der Waals surface area contributed by atoms with Crippen LogP contribution in [-0.2, 0) is 95.0 Å². The third-order valence-electron chi connectivity index (χ3n) is 26.8. The van der Waals surface area contributed by atoms with Gasteiger partial charge in [0.1, 0.15) is 189 Å². The second kappa shape index (κ2) is 61.6. The van der Waals surface area contributed by atoms with Gasteiger partial charge < -0.3 is 209 Å². The van der Waals surface area contributed by atoms with Gasteiger partial charge in [0, 0.05) is 27.2 Å². The van der Waals surface area contributed by atoms with Gasteiger partial charge in [-0.2, -0.15) is 0 Å². The van der Waals surface area contributed by atoms with Gasteiger partial charge in [-0.15, -0.1) is 0 Å². The van der Waals surface area contributed by atoms with E-state index < -0.39 is 328 Å². The molecule has 0 radical (unpaired) electrons. The largest absolute Gasteiger partial charge is 0.394 e. The molecule has 26 N–H and O–H groups in total. The van der Waals surface area contributed by atoms with Crippen molar-refractivity contribution >= 4 is 23.6 Å². The van der Waals surface area contributed by atoms with Gasteiger partial charge in [0.15, 0.2) is 50.3 Å². The monoisotopic (exact) mass is 2000 g/mol. The van der Waals surface area contributed by atoms with Crippen LogP contribution >= 0.6 is 0 Å². The minimum absolute atomic E-state index is 0.153. The fourth-order valence-electron chi connectivity index (χ4n) is 18.7. The van der Waals surface area contributed by atoms with Crippen molar-refractivity contribution in [2.75, 3.05) is 52.9 Å². The molecule has 0 bridgehead atoms. The lowest BCUT2D eigenvalue weighted by Gasteiger charge is -2.52. The highest BCUT2D eigenvalue weighted by Crippen LogP contribution is 2.41. The zero-order valence-corrected chi connectivity index (χ0v) is 80.3. The second-order valence-electron chi connectivity index (χ2n) is 37.7. The zero-order chi connectivity index (χ0) is 101. The van der Waals surface area contributed by atoms with Crippen LogP contribution < -0.4 is 21.3 Å². The quantitative estimate of drug-likeness (QED) is 0.0201. The molecule has 16 unspecified atom stereocenters. The van der Waals surface area contributed by atoms with E-state index in [4.69, 9.17) is 75.8 Å². The first-order chi connectivity index (χ1) is 66.1. The summed E-state index contributed by atoms with van der Waals surface area (Å²) in [5.74, 6) is -3.05. The van der Waals surface area contributed by atoms with Crippen molar-refractivity contribution in [1.29, 1.82) is 0 Å². The molecule has 0 aromatic heterocycles. The van der Waals surface area contributed by atoms with Crippen LogP contribution in [0.4, 0.5) is 0 Å². The third-order valence-corrected chi connectivity index (χ3v) is 26.8. The summed E-state index contributed by atoms with van der Waals surface area (Å²) >= 11 is 0. The van der Waals surface area contributed by atoms with Crippen molar-refractivity contribution in [3.63, 3.8) is 0 Å². The van der Waals surface area contributed by atoms with Crippen molar-refractivity contribution in [2.45, 2.75) is 492 Å². The Morgan fingerprint density at radius 1 is 0.297 bits per heavy atom. The van der Waals surface area contributed by atoms with E-state index >= 15 is 0 Å². The molecule has 8 aliphatic heterocycles. The normalized spacial score (nSPS) is 39.1. The minimum Gasteiger partial charge on any atom is -0.394 e. The summed E-state index contributed by atoms with van der Waals surface area (Å²) in [5.41, 5.74) is 0. The lowest BCUT2D eigenvalue weighted by atomic mass is 9.93. The Morgan fingerprint density at radius 2 is 0.601 bits per heavy atom. The number of carbonyl (C=O) groups is 4. The number of aliphatic hydroxyl groups excluding tert-OH is 22. The summed E-state index contributed by atoms with van der Waals surface area (Å²) in [5, 5.41) is 260. The fraction of sp³-hybridized carbons (Fsp3) is 0.935. The SMILES string of the molecule is CCCCCCCCCCCCC/C=C/[C@@H](O)[C@H](CO[C@@H]1OC(CO)[C@@H](O[C@@H]2OC(CO)[C@H](O)[C@H](O[C@@H]3OC(CO)[C@@H](O[C@@H]4OC(CO)[C@H](O)[C@H](O[C@@H]5OC(CO)[C@@H](O[C@@H]6OC(CO)[C@H](O)[C@H](O[C@H]7OC(CO)[C@H](O)[C@H](O)C7NC(C)=O)C6O[C@H]6OC(C)[C@@H](O)C(O)[C@@H]6O)[C@H](O)C5NC(C)=O)C4O)[C@H](O)C3NC(C)=O)C2O)[C@H](O)C1O)NC(=O)CCCCCCCCCCCCCCCCCCC. The smallest absolute Gasteiger partial charge is 0.220 e. The van der Waals surface area contributed by atoms with Crippen LogP contribution in [0, 0.1) is 0 Å². The summed E-state index contributed by atoms with van der Waals surface area (Å²) in [6.45, 7) is 0.619. The van der Waals surface area contributed by atoms with Gasteiger partial charge in [0.05, 0.1) is 71.1 Å². The van der Waals surface area contributed by atoms with Crippen molar-refractivity contribution < 1.29 is 207 Å². The Balaban J connectivity index is 0.928. The summed E-state index contributed by atoms with van der Waals surface area (Å²) in [7, 11) is 0. The molecular weight excluding hydrogens is 1830 g/mol. The van der Waals surface area contributed by atoms with Crippen LogP contribution in [0.2, 0.25) is 0 Å². The number of nitrogens with one attached hydrogen (secondary N) is 4. The topological polar surface area (TPSA) is 709 Å². The van der Waals surface area contributed by atoms with Gasteiger partial charge in [-0.1, -0.05) is 193 Å². The molecule has 8 aliphatic rings. The molecule has 0 aromatic carbocycles. The van der Waals surface area contributed by atoms with Crippen molar-refractivity contribution in [3.05, 3.63) is 12.2 Å². The first-order valence-electron chi connectivity index (χ1n) is 49.8. The predicted octanol–water partition coefficient (Wildman–Crippen LogP) is -4.82. The van der Waals surface area contributed by atoms with Crippen LogP contribution in [0.1, 0.15) is 234 Å². The van der Waals surface area contributed by atoms with Gasteiger partial charge >= 0.3 is 0 Å². The Bertz CT molecular complexity index is 3420. The highest BCUT2D eigenvalue weighted by Gasteiger charge is 2.61. The maximum Gasteiger partial charge on any atom is 0.220 e. The number of rotatable bonds is 60. The van der Waals surface area contributed by atoms with E-state index in [1.807, 2.05) is 6.08 Å². The van der Waals surface area contributed by atoms with E-state index in [1.165, 1.54) is 129 Å². The maximum atomic E-state index is 13.6. The van der Waals surface area contributed by atoms with Crippen LogP contribution in [0.25, 0.3) is 0 Å². The van der Waals surface area contributed by atoms with E-state index in [2.05, 4.69) is 35.1 Å². The molecule has 8 saturated heterocycles. The molecule has 0 spiro atoms. The van der Waals surface area contributed by atoms with Crippen molar-refractivity contribution in [3.8, 4) is 0 Å². The molecule has 138 heavy (non-hydrogen) atoms. The Hall–Kier alpha value is -3.90. The van der Waals surface area contributed by atoms with Gasteiger partial charge in [0.2, 0.25) is 23.6 Å². The van der Waals surface area contributed by atoms with E-state index in [9.17, 15) is 132 Å². The van der Waals surface area contributed by atoms with Gasteiger partial charge in [-0.25, -0.2) is 0 Å². The molecule has 8 heterocycles. The number of hydrogen-bond acceptors (Lipinski definition) is 42. The predicted molar refractivity (Wildman–Crippen MR) is 478 cm³/mol. The van der Waals surface area contributed by atoms with Gasteiger partial charge in [0.25, 0.3) is 0 Å². The minimum atomic E-state index is -2.37. The molecule has 4 amide bonds. The first-order valence-corrected chi connectivity index (χ1v) is 49.8. The van der Waals surface area contributed by atoms with E-state index in [0.717, 1.165) is 72.1 Å². The summed E-state index contributed by atoms with van der Waals surface area (Å²) in [6, 6.07) is -6.72. The van der Waals surface area contributed by atoms with E-state index in [0.29, 0.717) is 12.8 Å². The Morgan fingerprint density at radius 3 is 1.01 bits per heavy atom. The maximum absolute atomic E-state index is 13.6. The standard InChI is InChI=1S/C92H164N4O42/c1-7-9-11-13-15-17-19-21-22-23-24-26-28-30-32-34-36-38-60(108)96-51(52(107)37-35-33-31-29-27-25-20-18-16-14-12-10-8-2)46-123-88-75(120)73(118)80(59(45-103)131-88)133-91-77(122)82(67(112)55(41-99)127-91)136-86-62(94-49(5)105)70(115)78(57(43-101)129-86)132-90-76(121)81(66(111)54(40-98)126-90)135-87-63(95-50(6)106)71(116)79(58(44-102)130-87)134-92-84(138-89-74(119)72(117)64(109)47(3)124-89)83(68(113)56(42-100)128-92)137-85-61(93-48(4)104)69(114)65(110)53(39-97)125-85/h35,37,47,51-59,61-92,97-103,107,109-122H,7-34,36,38-46H2,1-6H3,(H,93,104)(H,94,105)(H,95,106)(H,96,108)/b37-35+/t47?,51-,52+,53?,54?,55?,56?,57?,58?,59?,61?,62?,63?,64+,65-,66-,67-,68-,69+,70+,71+,72?,73+,74-,75?,76?,77?,78+,79+,80+,81-,82-,83-,84?,85+,86-,87-,88+,89+,90-,91-,92-/m0/s1. The number of unbranched alkanes of at least 4 members (excludes halogenated alkanes) is 27. The highest BCUT2D eigenvalue weighted by molar-refractivity contribution is 5.76. The van der Waals surface area contributed by atoms with Crippen LogP contribution in [0.5, 0.6) is 0 Å². The molecule has 0 aliphatic carbocycles. The number of carbonyl (C=O) groups excluding carboxylic acids is 4. The van der Waals surface area contributed by atoms with Crippen LogP contribution in [-0.4, -0.2) is 446 Å². The van der Waals surface area contributed by atoms with Crippen molar-refractivity contribution in [2.24, 2.45) is 0 Å². The van der Waals surface area contributed by atoms with Crippen LogP contribution in [0.15, 0.2) is 12.2 Å². The lowest BCUT2D eigenvalue weighted by molar-refractivity contribution is -0.402. The zero-order valence-electron chi connectivity index (χ0n) is 80.3. The first kappa shape index (κ1) is 119. The average Bonchev–Trinajstić information content (AvgIpc) is 0.757. The molecule has 46 heteroatoms. The molecule has 8 rings (SSSR count). The fourth-order valence-corrected chi connectivity index (χ4v) is 18.7. The van der Waals surface area contributed by atoms with Gasteiger partial charge in [-0.05, 0) is 26.2 Å². The Kier molecular flexibility index (Phi) is 53.3. The number of hydrogen-bond donors (Lipinski definition) is 26. The van der Waals surface area contributed by atoms with E-state index in [1.54, 1.807) is 6.08 Å². The molecule has 0 saturated carbocycles. The van der Waals surface area contributed by atoms with Gasteiger partial charge in [-0.3, -0.25) is 19.2 Å². The molecule has 42 atom stereocenters. The van der Waals surface area contributed by atoms with Crippen molar-refractivity contribution in [1.82, 2.24) is 21.3 Å². The molecule has 8 fully saturated rings. The number of ether oxygens (including phenoxy) is 16. The summed E-state index contributed by atoms with van der Waals surface area (Å²) < 4.78 is 96.6. The summed E-state index contributed by atoms with van der Waals surface area (Å²) in [6.07, 6.45) is -38.6. The molecule has 804 valence electrons.